The highest BCUT2D eigenvalue weighted by atomic mass is 16.3. The van der Waals surface area contributed by atoms with Crippen LogP contribution in [0.3, 0.4) is 0 Å². The number of terminal acetylenes is 1. The lowest BCUT2D eigenvalue weighted by Gasteiger charge is -2.31. The first-order valence-corrected chi connectivity index (χ1v) is 9.08. The number of carbonyl (C=O) groups excluding carboxylic acids is 2. The number of aliphatic hydroxyl groups is 1. The van der Waals surface area contributed by atoms with Crippen LogP contribution in [0.1, 0.15) is 24.4 Å². The quantitative estimate of drug-likeness (QED) is 0.619. The fourth-order valence-corrected chi connectivity index (χ4v) is 3.46. The minimum Gasteiger partial charge on any atom is -0.374 e. The van der Waals surface area contributed by atoms with Gasteiger partial charge in [0.2, 0.25) is 5.91 Å². The maximum Gasteiger partial charge on any atom is 0.274 e. The molecule has 2 aliphatic rings. The molecule has 2 saturated heterocycles. The number of amides is 2. The first kappa shape index (κ1) is 18.9. The van der Waals surface area contributed by atoms with Crippen LogP contribution in [0.5, 0.6) is 0 Å². The summed E-state index contributed by atoms with van der Waals surface area (Å²) in [5.41, 5.74) is 0.949. The maximum atomic E-state index is 13.2. The third-order valence-electron chi connectivity index (χ3n) is 5.02. The number of aliphatic hydroxyl groups excluding tert-OH is 1. The number of likely N-dealkylation sites (N-methyl/N-ethyl adjacent to an activating group) is 1. The highest BCUT2D eigenvalue weighted by Crippen LogP contribution is 2.32. The average Bonchev–Trinajstić information content (AvgIpc) is 3.18. The smallest absolute Gasteiger partial charge is 0.274 e. The van der Waals surface area contributed by atoms with Crippen molar-refractivity contribution in [3.8, 4) is 12.3 Å². The summed E-state index contributed by atoms with van der Waals surface area (Å²) in [4.78, 5) is 28.4. The van der Waals surface area contributed by atoms with E-state index in [1.54, 1.807) is 16.8 Å². The van der Waals surface area contributed by atoms with Crippen LogP contribution < -0.4 is 0 Å². The molecule has 27 heavy (non-hydrogen) atoms. The maximum absolute atomic E-state index is 13.2. The molecule has 0 aliphatic carbocycles. The third-order valence-corrected chi connectivity index (χ3v) is 5.02. The van der Waals surface area contributed by atoms with Gasteiger partial charge in [0, 0.05) is 20.1 Å². The average molecular weight is 368 g/mol. The van der Waals surface area contributed by atoms with Crippen LogP contribution in [-0.2, 0) is 9.59 Å². The fraction of sp³-hybridized carbons (Fsp3) is 0.450. The van der Waals surface area contributed by atoms with Crippen molar-refractivity contribution in [3.63, 3.8) is 0 Å². The van der Waals surface area contributed by atoms with Gasteiger partial charge in [-0.3, -0.25) is 14.6 Å². The van der Waals surface area contributed by atoms with Crippen LogP contribution in [0.15, 0.2) is 35.4 Å². The zero-order valence-electron chi connectivity index (χ0n) is 15.4. The SMILES string of the molecule is C#CC(O)/C(=N\N1CCN(C)C(=O)C1)C(=O)N1CCCC1c1ccccc1. The third kappa shape index (κ3) is 4.12. The first-order chi connectivity index (χ1) is 13.0. The van der Waals surface area contributed by atoms with Crippen molar-refractivity contribution >= 4 is 17.5 Å². The summed E-state index contributed by atoms with van der Waals surface area (Å²) >= 11 is 0. The molecule has 2 amide bonds. The van der Waals surface area contributed by atoms with Crippen molar-refractivity contribution in [2.24, 2.45) is 5.10 Å². The van der Waals surface area contributed by atoms with Crippen molar-refractivity contribution < 1.29 is 14.7 Å². The van der Waals surface area contributed by atoms with E-state index >= 15 is 0 Å². The topological polar surface area (TPSA) is 76.5 Å². The number of hydrazone groups is 1. The van der Waals surface area contributed by atoms with Crippen molar-refractivity contribution in [2.75, 3.05) is 33.2 Å². The Morgan fingerprint density at radius 1 is 1.30 bits per heavy atom. The van der Waals surface area contributed by atoms with Gasteiger partial charge >= 0.3 is 0 Å². The molecule has 2 unspecified atom stereocenters. The van der Waals surface area contributed by atoms with Crippen LogP contribution in [0.4, 0.5) is 0 Å². The molecule has 0 bridgehead atoms. The van der Waals surface area contributed by atoms with Crippen molar-refractivity contribution in [1.29, 1.82) is 0 Å². The van der Waals surface area contributed by atoms with Gasteiger partial charge in [-0.05, 0) is 18.4 Å². The van der Waals surface area contributed by atoms with Gasteiger partial charge in [0.05, 0.1) is 12.6 Å². The summed E-state index contributed by atoms with van der Waals surface area (Å²) in [6.45, 7) is 1.63. The molecular formula is C20H24N4O3. The van der Waals surface area contributed by atoms with Crippen LogP contribution in [0, 0.1) is 12.3 Å². The molecule has 2 aliphatic heterocycles. The van der Waals surface area contributed by atoms with Gasteiger partial charge in [0.15, 0.2) is 11.8 Å². The summed E-state index contributed by atoms with van der Waals surface area (Å²) in [6.07, 6.45) is 5.67. The molecule has 7 nitrogen and oxygen atoms in total. The molecule has 0 radical (unpaired) electrons. The molecule has 0 spiro atoms. The van der Waals surface area contributed by atoms with Gasteiger partial charge < -0.3 is 14.9 Å². The van der Waals surface area contributed by atoms with Gasteiger partial charge in [0.25, 0.3) is 5.91 Å². The lowest BCUT2D eigenvalue weighted by molar-refractivity contribution is -0.134. The summed E-state index contributed by atoms with van der Waals surface area (Å²) in [7, 11) is 1.72. The number of hydrogen-bond acceptors (Lipinski definition) is 5. The Balaban J connectivity index is 1.84. The number of nitrogens with zero attached hydrogens (tertiary/aromatic N) is 4. The number of benzene rings is 1. The van der Waals surface area contributed by atoms with E-state index in [9.17, 15) is 14.7 Å². The van der Waals surface area contributed by atoms with Crippen molar-refractivity contribution in [3.05, 3.63) is 35.9 Å². The van der Waals surface area contributed by atoms with Gasteiger partial charge in [0.1, 0.15) is 6.54 Å². The minimum absolute atomic E-state index is 0.0622. The van der Waals surface area contributed by atoms with Crippen LogP contribution >= 0.6 is 0 Å². The lowest BCUT2D eigenvalue weighted by Crippen LogP contribution is -2.48. The lowest BCUT2D eigenvalue weighted by atomic mass is 10.0. The fourth-order valence-electron chi connectivity index (χ4n) is 3.46. The molecule has 3 rings (SSSR count). The predicted octanol–water partition coefficient (Wildman–Crippen LogP) is 0.474. The van der Waals surface area contributed by atoms with E-state index in [0.717, 1.165) is 18.4 Å². The van der Waals surface area contributed by atoms with Crippen molar-refractivity contribution in [2.45, 2.75) is 25.0 Å². The highest BCUT2D eigenvalue weighted by molar-refractivity contribution is 6.41. The second-order valence-corrected chi connectivity index (χ2v) is 6.83. The van der Waals surface area contributed by atoms with E-state index in [-0.39, 0.29) is 30.1 Å². The molecule has 7 heteroatoms. The van der Waals surface area contributed by atoms with Gasteiger partial charge in [-0.1, -0.05) is 36.3 Å². The highest BCUT2D eigenvalue weighted by Gasteiger charge is 2.35. The first-order valence-electron chi connectivity index (χ1n) is 9.08. The van der Waals surface area contributed by atoms with E-state index in [4.69, 9.17) is 6.42 Å². The molecule has 1 N–H and O–H groups in total. The predicted molar refractivity (Wildman–Crippen MR) is 102 cm³/mol. The molecule has 2 atom stereocenters. The second kappa shape index (κ2) is 8.23. The number of rotatable bonds is 4. The van der Waals surface area contributed by atoms with Crippen LogP contribution in [-0.4, -0.2) is 76.8 Å². The van der Waals surface area contributed by atoms with E-state index in [2.05, 4.69) is 11.0 Å². The molecule has 1 aromatic carbocycles. The van der Waals surface area contributed by atoms with Crippen LogP contribution in [0.2, 0.25) is 0 Å². The minimum atomic E-state index is -1.41. The zero-order valence-corrected chi connectivity index (χ0v) is 15.4. The molecular weight excluding hydrogens is 344 g/mol. The number of likely N-dealkylation sites (tertiary alicyclic amines) is 1. The largest absolute Gasteiger partial charge is 0.374 e. The standard InChI is InChI=1S/C20H24N4O3/c1-3-17(25)19(21-23-13-12-22(2)18(26)14-23)20(27)24-11-7-10-16(24)15-8-5-4-6-9-15/h1,4-6,8-9,16-17,25H,7,10-14H2,2H3/b21-19+. The molecule has 142 valence electrons. The Labute approximate surface area is 159 Å². The molecule has 0 saturated carbocycles. The normalized spacial score (nSPS) is 22.0. The molecule has 2 heterocycles. The monoisotopic (exact) mass is 368 g/mol. The van der Waals surface area contributed by atoms with Gasteiger partial charge in [-0.15, -0.1) is 6.42 Å². The summed E-state index contributed by atoms with van der Waals surface area (Å²) in [6, 6.07) is 9.73. The van der Waals surface area contributed by atoms with E-state index < -0.39 is 6.10 Å². The Hall–Kier alpha value is -2.85. The van der Waals surface area contributed by atoms with Crippen LogP contribution in [0.25, 0.3) is 0 Å². The summed E-state index contributed by atoms with van der Waals surface area (Å²) < 4.78 is 0. The second-order valence-electron chi connectivity index (χ2n) is 6.83. The molecule has 2 fully saturated rings. The van der Waals surface area contributed by atoms with Gasteiger partial charge in [-0.25, -0.2) is 0 Å². The number of carbonyl (C=O) groups is 2. The number of hydrogen-bond donors (Lipinski definition) is 1. The Morgan fingerprint density at radius 2 is 2.04 bits per heavy atom. The zero-order chi connectivity index (χ0) is 19.4. The summed E-state index contributed by atoms with van der Waals surface area (Å²) in [5.74, 6) is 1.72. The molecule has 1 aromatic rings. The molecule has 0 aromatic heterocycles. The Morgan fingerprint density at radius 3 is 2.70 bits per heavy atom. The Kier molecular flexibility index (Phi) is 5.77. The van der Waals surface area contributed by atoms with E-state index in [0.29, 0.717) is 19.6 Å². The van der Waals surface area contributed by atoms with E-state index in [1.807, 2.05) is 30.3 Å². The summed E-state index contributed by atoms with van der Waals surface area (Å²) in [5, 5.41) is 16.0. The Bertz CT molecular complexity index is 771. The van der Waals surface area contributed by atoms with E-state index in [1.165, 1.54) is 5.01 Å². The van der Waals surface area contributed by atoms with Crippen molar-refractivity contribution in [1.82, 2.24) is 14.8 Å². The number of piperazine rings is 1. The van der Waals surface area contributed by atoms with Gasteiger partial charge in [-0.2, -0.15) is 5.10 Å².